The molecule has 0 bridgehead atoms. The molecule has 0 radical (unpaired) electrons. The Hall–Kier alpha value is -5.13. The van der Waals surface area contributed by atoms with Gasteiger partial charge in [-0.1, -0.05) is 133 Å². The summed E-state index contributed by atoms with van der Waals surface area (Å²) >= 11 is 0. The van der Waals surface area contributed by atoms with E-state index in [9.17, 15) is 0 Å². The predicted molar refractivity (Wildman–Crippen MR) is 227 cm³/mol. The molecule has 294 valence electrons. The van der Waals surface area contributed by atoms with Crippen LogP contribution < -0.4 is 0 Å². The van der Waals surface area contributed by atoms with E-state index in [0.29, 0.717) is 0 Å². The number of hydrogen-bond donors (Lipinski definition) is 9. The number of rotatable bonds is 0. The van der Waals surface area contributed by atoms with Crippen molar-refractivity contribution in [3.05, 3.63) is 182 Å². The van der Waals surface area contributed by atoms with Crippen LogP contribution in [0.25, 0.3) is 64.6 Å². The van der Waals surface area contributed by atoms with Crippen LogP contribution in [-0.4, -0.2) is 44.0 Å². The Morgan fingerprint density at radius 3 is 0.614 bits per heavy atom. The van der Waals surface area contributed by atoms with Gasteiger partial charge in [-0.3, -0.25) is 0 Å². The molecule has 9 rings (SSSR count). The number of hydrogen-bond acceptors (Lipinski definition) is 3. The number of fused-ring (bicyclic) bond motifs is 7. The molecule has 0 aliphatic heterocycles. The third-order valence-electron chi connectivity index (χ3n) is 7.81. The summed E-state index contributed by atoms with van der Waals surface area (Å²) in [4.78, 5) is 64.7. The Balaban J connectivity index is 0.000000216. The van der Waals surface area contributed by atoms with E-state index in [1.54, 1.807) is 0 Å². The molecular formula is C42H39O12P3. The first-order valence-corrected chi connectivity index (χ1v) is 21.5. The standard InChI is InChI=1S/C30H18.2C6H6.3H3O4P/c1-3-7-21-13-27-17-29-23(15-25(27)11-19(21)5-1)9-10-24-16-26-12-20-6-2-4-8-22(20)14-28(26)18-30(24)29;2*1-2-4-6-5-3-1;3*1-5(2,3)4/h1-18H;2*1-6H;3*(H3,1,2,3,4). The van der Waals surface area contributed by atoms with Gasteiger partial charge in [-0.05, 0) is 113 Å². The normalized spacial score (nSPS) is 11.1. The van der Waals surface area contributed by atoms with Crippen LogP contribution in [0.4, 0.5) is 0 Å². The van der Waals surface area contributed by atoms with Crippen LogP contribution >= 0.6 is 23.5 Å². The molecule has 0 atom stereocenters. The number of phosphoric acid groups is 3. The molecule has 0 heterocycles. The lowest BCUT2D eigenvalue weighted by Gasteiger charge is -2.10. The van der Waals surface area contributed by atoms with Gasteiger partial charge >= 0.3 is 23.5 Å². The monoisotopic (exact) mass is 828 g/mol. The van der Waals surface area contributed by atoms with Crippen LogP contribution in [0, 0.1) is 0 Å². The average Bonchev–Trinajstić information content (AvgIpc) is 3.14. The van der Waals surface area contributed by atoms with Gasteiger partial charge in [-0.25, -0.2) is 13.7 Å². The minimum Gasteiger partial charge on any atom is -0.303 e. The van der Waals surface area contributed by atoms with Crippen molar-refractivity contribution in [2.45, 2.75) is 0 Å². The van der Waals surface area contributed by atoms with Gasteiger partial charge in [0.2, 0.25) is 0 Å². The van der Waals surface area contributed by atoms with Crippen molar-refractivity contribution in [1.29, 1.82) is 0 Å². The summed E-state index contributed by atoms with van der Waals surface area (Å²) in [6.07, 6.45) is 0. The van der Waals surface area contributed by atoms with E-state index in [-0.39, 0.29) is 0 Å². The maximum atomic E-state index is 8.88. The van der Waals surface area contributed by atoms with Crippen LogP contribution in [0.15, 0.2) is 182 Å². The van der Waals surface area contributed by atoms with Crippen molar-refractivity contribution in [1.82, 2.24) is 0 Å². The van der Waals surface area contributed by atoms with Crippen LogP contribution in [0.1, 0.15) is 0 Å². The topological polar surface area (TPSA) is 233 Å². The highest BCUT2D eigenvalue weighted by Crippen LogP contribution is 2.35. The van der Waals surface area contributed by atoms with Gasteiger partial charge in [0.25, 0.3) is 0 Å². The third-order valence-corrected chi connectivity index (χ3v) is 7.81. The van der Waals surface area contributed by atoms with E-state index in [2.05, 4.69) is 109 Å². The SMILES string of the molecule is O=P(O)(O)O.O=P(O)(O)O.O=P(O)(O)O.c1ccc2cc3cc4c(ccc5cc6cc7ccccc7cc6cc54)cc3cc2c1.c1ccccc1.c1ccccc1. The lowest BCUT2D eigenvalue weighted by Crippen LogP contribution is -1.83. The Labute approximate surface area is 326 Å². The van der Waals surface area contributed by atoms with E-state index in [0.717, 1.165) is 0 Å². The fourth-order valence-corrected chi connectivity index (χ4v) is 5.71. The molecule has 0 saturated carbocycles. The van der Waals surface area contributed by atoms with E-state index < -0.39 is 23.5 Å². The van der Waals surface area contributed by atoms with Gasteiger partial charge < -0.3 is 44.0 Å². The molecule has 0 amide bonds. The van der Waals surface area contributed by atoms with Crippen molar-refractivity contribution in [3.8, 4) is 0 Å². The molecule has 15 heteroatoms. The molecule has 9 N–H and O–H groups in total. The first-order chi connectivity index (χ1) is 26.8. The predicted octanol–water partition coefficient (Wildman–Crippen LogP) is 9.19. The quantitative estimate of drug-likeness (QED) is 0.0395. The first kappa shape index (κ1) is 44.6. The van der Waals surface area contributed by atoms with Crippen molar-refractivity contribution in [2.75, 3.05) is 0 Å². The van der Waals surface area contributed by atoms with Crippen molar-refractivity contribution in [3.63, 3.8) is 0 Å². The third kappa shape index (κ3) is 16.5. The maximum absolute atomic E-state index is 8.88. The summed E-state index contributed by atoms with van der Waals surface area (Å²) in [7, 11) is -13.9. The fourth-order valence-electron chi connectivity index (χ4n) is 5.71. The molecule has 0 unspecified atom stereocenters. The van der Waals surface area contributed by atoms with Crippen LogP contribution in [0.3, 0.4) is 0 Å². The smallest absolute Gasteiger partial charge is 0.303 e. The van der Waals surface area contributed by atoms with Crippen molar-refractivity contribution in [2.24, 2.45) is 0 Å². The van der Waals surface area contributed by atoms with Crippen LogP contribution in [-0.2, 0) is 13.7 Å². The highest BCUT2D eigenvalue weighted by atomic mass is 31.2. The Morgan fingerprint density at radius 2 is 0.404 bits per heavy atom. The molecule has 9 aromatic carbocycles. The minimum atomic E-state index is -4.64. The first-order valence-electron chi connectivity index (χ1n) is 16.8. The summed E-state index contributed by atoms with van der Waals surface area (Å²) in [5.41, 5.74) is 0. The summed E-state index contributed by atoms with van der Waals surface area (Å²) in [6, 6.07) is 64.4. The highest BCUT2D eigenvalue weighted by molar-refractivity contribution is 7.45. The van der Waals surface area contributed by atoms with Gasteiger partial charge in [-0.15, -0.1) is 0 Å². The summed E-state index contributed by atoms with van der Waals surface area (Å²) in [6.45, 7) is 0. The lowest BCUT2D eigenvalue weighted by atomic mass is 9.94. The van der Waals surface area contributed by atoms with Crippen LogP contribution in [0.2, 0.25) is 0 Å². The molecule has 0 spiro atoms. The highest BCUT2D eigenvalue weighted by Gasteiger charge is 2.07. The van der Waals surface area contributed by atoms with Crippen molar-refractivity contribution >= 4 is 88.1 Å². The molecule has 0 aliphatic rings. The molecule has 9 aromatic rings. The van der Waals surface area contributed by atoms with Gasteiger partial charge in [0.05, 0.1) is 0 Å². The molecule has 0 saturated heterocycles. The second-order valence-electron chi connectivity index (χ2n) is 12.2. The molecule has 0 aromatic heterocycles. The summed E-state index contributed by atoms with van der Waals surface area (Å²) in [5.74, 6) is 0. The summed E-state index contributed by atoms with van der Waals surface area (Å²) < 4.78 is 26.6. The minimum absolute atomic E-state index is 1.29. The van der Waals surface area contributed by atoms with Gasteiger partial charge in [0, 0.05) is 0 Å². The fraction of sp³-hybridized carbons (Fsp3) is 0. The van der Waals surface area contributed by atoms with E-state index in [1.165, 1.54) is 64.6 Å². The number of benzene rings is 9. The van der Waals surface area contributed by atoms with Gasteiger partial charge in [0.15, 0.2) is 0 Å². The Bertz CT molecular complexity index is 2550. The van der Waals surface area contributed by atoms with Gasteiger partial charge in [-0.2, -0.15) is 0 Å². The molecule has 0 fully saturated rings. The molecule has 12 nitrogen and oxygen atoms in total. The molecular weight excluding hydrogens is 789 g/mol. The molecule has 0 aliphatic carbocycles. The Kier molecular flexibility index (Phi) is 15.9. The second-order valence-corrected chi connectivity index (χ2v) is 15.2. The van der Waals surface area contributed by atoms with E-state index in [4.69, 9.17) is 57.7 Å². The molecule has 57 heavy (non-hydrogen) atoms. The average molecular weight is 829 g/mol. The Morgan fingerprint density at radius 1 is 0.228 bits per heavy atom. The lowest BCUT2D eigenvalue weighted by molar-refractivity contribution is 0.272. The second kappa shape index (κ2) is 20.3. The largest absolute Gasteiger partial charge is 0.466 e. The maximum Gasteiger partial charge on any atom is 0.466 e. The van der Waals surface area contributed by atoms with Gasteiger partial charge in [0.1, 0.15) is 0 Å². The zero-order valence-electron chi connectivity index (χ0n) is 29.9. The van der Waals surface area contributed by atoms with E-state index >= 15 is 0 Å². The van der Waals surface area contributed by atoms with Crippen molar-refractivity contribution < 1.29 is 57.7 Å². The summed E-state index contributed by atoms with van der Waals surface area (Å²) in [5, 5.41) is 15.6. The zero-order valence-corrected chi connectivity index (χ0v) is 32.6. The van der Waals surface area contributed by atoms with Crippen LogP contribution in [0.5, 0.6) is 0 Å². The zero-order chi connectivity index (χ0) is 41.6. The van der Waals surface area contributed by atoms with E-state index in [1.807, 2.05) is 72.8 Å².